The van der Waals surface area contributed by atoms with E-state index in [1.807, 2.05) is 31.2 Å². The summed E-state index contributed by atoms with van der Waals surface area (Å²) in [6.07, 6.45) is 1.54. The first-order valence-corrected chi connectivity index (χ1v) is 13.6. The molecule has 3 aliphatic heterocycles. The van der Waals surface area contributed by atoms with E-state index in [2.05, 4.69) is 37.8 Å². The van der Waals surface area contributed by atoms with Crippen LogP contribution < -0.4 is 4.74 Å². The molecule has 0 bridgehead atoms. The van der Waals surface area contributed by atoms with E-state index in [1.165, 1.54) is 5.56 Å². The molecule has 0 aromatic heterocycles. The highest BCUT2D eigenvalue weighted by molar-refractivity contribution is 6.46. The van der Waals surface area contributed by atoms with Crippen LogP contribution in [0.3, 0.4) is 0 Å². The van der Waals surface area contributed by atoms with E-state index < -0.39 is 17.7 Å². The van der Waals surface area contributed by atoms with E-state index in [0.29, 0.717) is 12.1 Å². The first-order chi connectivity index (χ1) is 18.1. The van der Waals surface area contributed by atoms with Gasteiger partial charge in [-0.05, 0) is 53.6 Å². The molecular formula is C31H38N2O5. The second-order valence-corrected chi connectivity index (χ2v) is 11.6. The van der Waals surface area contributed by atoms with Crippen molar-refractivity contribution in [3.63, 3.8) is 0 Å². The molecule has 1 N–H and O–H groups in total. The molecule has 0 radical (unpaired) electrons. The number of aliphatic hydroxyl groups excluding tert-OH is 1. The third-order valence-corrected chi connectivity index (χ3v) is 7.78. The lowest BCUT2D eigenvalue weighted by molar-refractivity contribution is -0.140. The highest BCUT2D eigenvalue weighted by atomic mass is 16.5. The van der Waals surface area contributed by atoms with Gasteiger partial charge in [-0.1, -0.05) is 45.0 Å². The number of hydrogen-bond donors (Lipinski definition) is 1. The Bertz CT molecular complexity index is 1240. The van der Waals surface area contributed by atoms with Gasteiger partial charge in [-0.25, -0.2) is 0 Å². The van der Waals surface area contributed by atoms with Crippen molar-refractivity contribution in [3.8, 4) is 5.75 Å². The number of likely N-dealkylation sites (tertiary alicyclic amines) is 1. The second kappa shape index (κ2) is 10.5. The number of hydrogen-bond acceptors (Lipinski definition) is 6. The molecule has 38 heavy (non-hydrogen) atoms. The maximum absolute atomic E-state index is 13.4. The second-order valence-electron chi connectivity index (χ2n) is 11.6. The molecule has 7 nitrogen and oxygen atoms in total. The van der Waals surface area contributed by atoms with Crippen LogP contribution in [0.1, 0.15) is 62.4 Å². The molecule has 3 aliphatic rings. The van der Waals surface area contributed by atoms with E-state index >= 15 is 0 Å². The fourth-order valence-electron chi connectivity index (χ4n) is 5.64. The number of aliphatic hydroxyl groups is 1. The normalized spacial score (nSPS) is 23.5. The molecule has 202 valence electrons. The van der Waals surface area contributed by atoms with Gasteiger partial charge in [0.1, 0.15) is 17.6 Å². The molecule has 3 heterocycles. The Labute approximate surface area is 225 Å². The Kier molecular flexibility index (Phi) is 7.34. The third-order valence-electron chi connectivity index (χ3n) is 7.78. The molecule has 1 amide bonds. The summed E-state index contributed by atoms with van der Waals surface area (Å²) in [5, 5.41) is 11.5. The highest BCUT2D eigenvalue weighted by Gasteiger charge is 2.46. The molecule has 0 aliphatic carbocycles. The number of carbonyl (C=O) groups is 2. The van der Waals surface area contributed by atoms with Crippen molar-refractivity contribution in [2.75, 3.05) is 39.4 Å². The number of fused-ring (bicyclic) bond motifs is 1. The average Bonchev–Trinajstić information content (AvgIpc) is 3.39. The molecule has 2 fully saturated rings. The third kappa shape index (κ3) is 5.22. The van der Waals surface area contributed by atoms with Gasteiger partial charge in [-0.15, -0.1) is 0 Å². The number of ether oxygens (including phenoxy) is 2. The molecule has 5 rings (SSSR count). The van der Waals surface area contributed by atoms with Crippen molar-refractivity contribution in [2.24, 2.45) is 0 Å². The molecule has 2 aromatic carbocycles. The predicted molar refractivity (Wildman–Crippen MR) is 146 cm³/mol. The van der Waals surface area contributed by atoms with E-state index in [1.54, 1.807) is 11.0 Å². The molecule has 0 spiro atoms. The van der Waals surface area contributed by atoms with Crippen molar-refractivity contribution in [1.82, 2.24) is 9.80 Å². The van der Waals surface area contributed by atoms with Crippen molar-refractivity contribution in [2.45, 2.75) is 58.1 Å². The predicted octanol–water partition coefficient (Wildman–Crippen LogP) is 4.45. The summed E-state index contributed by atoms with van der Waals surface area (Å²) in [5.41, 5.74) is 3.64. The summed E-state index contributed by atoms with van der Waals surface area (Å²) in [6.45, 7) is 12.9. The maximum atomic E-state index is 13.4. The van der Waals surface area contributed by atoms with Gasteiger partial charge in [-0.2, -0.15) is 0 Å². The van der Waals surface area contributed by atoms with Crippen molar-refractivity contribution in [3.05, 3.63) is 70.3 Å². The van der Waals surface area contributed by atoms with Gasteiger partial charge in [0.15, 0.2) is 0 Å². The zero-order chi connectivity index (χ0) is 27.0. The van der Waals surface area contributed by atoms with E-state index in [9.17, 15) is 14.7 Å². The minimum atomic E-state index is -0.642. The Morgan fingerprint density at radius 2 is 1.74 bits per heavy atom. The number of rotatable bonds is 6. The first kappa shape index (κ1) is 26.4. The topological polar surface area (TPSA) is 79.3 Å². The minimum Gasteiger partial charge on any atom is -0.507 e. The lowest BCUT2D eigenvalue weighted by atomic mass is 9.85. The summed E-state index contributed by atoms with van der Waals surface area (Å²) in [4.78, 5) is 30.7. The number of ketones is 1. The Balaban J connectivity index is 1.50. The monoisotopic (exact) mass is 518 g/mol. The van der Waals surface area contributed by atoms with Crippen LogP contribution in [-0.2, 0) is 26.2 Å². The number of carbonyl (C=O) groups excluding carboxylic acids is 2. The van der Waals surface area contributed by atoms with Gasteiger partial charge in [0.05, 0.1) is 24.8 Å². The average molecular weight is 519 g/mol. The molecule has 2 saturated heterocycles. The first-order valence-electron chi connectivity index (χ1n) is 13.6. The zero-order valence-corrected chi connectivity index (χ0v) is 22.8. The largest absolute Gasteiger partial charge is 0.507 e. The minimum absolute atomic E-state index is 0.0257. The van der Waals surface area contributed by atoms with Crippen molar-refractivity contribution < 1.29 is 24.2 Å². The van der Waals surface area contributed by atoms with Crippen LogP contribution in [0.4, 0.5) is 0 Å². The van der Waals surface area contributed by atoms with Gasteiger partial charge < -0.3 is 19.5 Å². The SMILES string of the molecule is CC1Cc2cc(C(O)=C3C(=O)C(=O)N(CCCN4CCOCC4)C3c3ccc(C(C)(C)C)cc3)ccc2O1. The summed E-state index contributed by atoms with van der Waals surface area (Å²) >= 11 is 0. The number of morpholine rings is 1. The number of Topliss-reactive ketones (excluding diaryl/α,β-unsaturated/α-hetero) is 1. The van der Waals surface area contributed by atoms with Crippen LogP contribution in [0.25, 0.3) is 5.76 Å². The summed E-state index contributed by atoms with van der Waals surface area (Å²) in [6, 6.07) is 12.9. The van der Waals surface area contributed by atoms with Crippen LogP contribution in [0.15, 0.2) is 48.0 Å². The molecule has 2 unspecified atom stereocenters. The van der Waals surface area contributed by atoms with Gasteiger partial charge in [0.25, 0.3) is 11.7 Å². The summed E-state index contributed by atoms with van der Waals surface area (Å²) < 4.78 is 11.2. The molecule has 2 atom stereocenters. The lowest BCUT2D eigenvalue weighted by Gasteiger charge is -2.29. The van der Waals surface area contributed by atoms with E-state index in [-0.39, 0.29) is 22.9 Å². The Hall–Kier alpha value is -3.16. The molecule has 2 aromatic rings. The van der Waals surface area contributed by atoms with Crippen molar-refractivity contribution >= 4 is 17.4 Å². The zero-order valence-electron chi connectivity index (χ0n) is 22.8. The molecular weight excluding hydrogens is 480 g/mol. The van der Waals surface area contributed by atoms with Gasteiger partial charge in [0, 0.05) is 38.2 Å². The van der Waals surface area contributed by atoms with Crippen LogP contribution in [0.2, 0.25) is 0 Å². The van der Waals surface area contributed by atoms with Crippen LogP contribution in [-0.4, -0.2) is 72.1 Å². The molecule has 7 heteroatoms. The number of amides is 1. The smallest absolute Gasteiger partial charge is 0.295 e. The Morgan fingerprint density at radius 1 is 1.03 bits per heavy atom. The quantitative estimate of drug-likeness (QED) is 0.346. The molecule has 0 saturated carbocycles. The fraction of sp³-hybridized carbons (Fsp3) is 0.484. The van der Waals surface area contributed by atoms with Crippen LogP contribution in [0.5, 0.6) is 5.75 Å². The highest BCUT2D eigenvalue weighted by Crippen LogP contribution is 2.41. The van der Waals surface area contributed by atoms with Crippen LogP contribution in [0, 0.1) is 0 Å². The number of nitrogens with zero attached hydrogens (tertiary/aromatic N) is 2. The van der Waals surface area contributed by atoms with Crippen molar-refractivity contribution in [1.29, 1.82) is 0 Å². The summed E-state index contributed by atoms with van der Waals surface area (Å²) in [5.74, 6) is -0.529. The lowest BCUT2D eigenvalue weighted by Crippen LogP contribution is -2.39. The van der Waals surface area contributed by atoms with Gasteiger partial charge >= 0.3 is 0 Å². The Morgan fingerprint density at radius 3 is 2.42 bits per heavy atom. The number of benzene rings is 2. The standard InChI is InChI=1S/C31H38N2O5/c1-20-18-23-19-22(8-11-25(23)38-20)28(34)26-27(21-6-9-24(10-7-21)31(2,3)4)33(30(36)29(26)35)13-5-12-32-14-16-37-17-15-32/h6-11,19-20,27,34H,5,12-18H2,1-4H3. The maximum Gasteiger partial charge on any atom is 0.295 e. The van der Waals surface area contributed by atoms with Crippen LogP contribution >= 0.6 is 0 Å². The summed E-state index contributed by atoms with van der Waals surface area (Å²) in [7, 11) is 0. The van der Waals surface area contributed by atoms with E-state index in [0.717, 1.165) is 62.6 Å². The van der Waals surface area contributed by atoms with Gasteiger partial charge in [-0.3, -0.25) is 14.5 Å². The van der Waals surface area contributed by atoms with Gasteiger partial charge in [0.2, 0.25) is 0 Å². The van der Waals surface area contributed by atoms with E-state index in [4.69, 9.17) is 9.47 Å². The fourth-order valence-corrected chi connectivity index (χ4v) is 5.64.